The number of rotatable bonds is 3. The molecule has 0 spiro atoms. The van der Waals surface area contributed by atoms with Crippen LogP contribution in [0.1, 0.15) is 13.8 Å². The van der Waals surface area contributed by atoms with E-state index in [1.165, 1.54) is 0 Å². The summed E-state index contributed by atoms with van der Waals surface area (Å²) in [7, 11) is 0. The lowest BCUT2D eigenvalue weighted by Gasteiger charge is -2.31. The van der Waals surface area contributed by atoms with E-state index >= 15 is 0 Å². The van der Waals surface area contributed by atoms with Crippen LogP contribution in [0.3, 0.4) is 0 Å². The van der Waals surface area contributed by atoms with Crippen LogP contribution in [0.2, 0.25) is 0 Å². The molecule has 0 aromatic rings. The molecule has 17 heavy (non-hydrogen) atoms. The van der Waals surface area contributed by atoms with Crippen molar-refractivity contribution in [2.24, 2.45) is 5.11 Å². The Morgan fingerprint density at radius 1 is 1.24 bits per heavy atom. The number of azide groups is 1. The van der Waals surface area contributed by atoms with E-state index < -0.39 is 43.0 Å². The number of nitrogens with zero attached hydrogens (tertiary/aromatic N) is 3. The lowest BCUT2D eigenvalue weighted by atomic mass is 9.95. The zero-order valence-electron chi connectivity index (χ0n) is 9.61. The number of fused-ring (bicyclic) bond motifs is 1. The van der Waals surface area contributed by atoms with Crippen LogP contribution in [0.15, 0.2) is 5.11 Å². The summed E-state index contributed by atoms with van der Waals surface area (Å²) in [6.07, 6.45) is -1.38. The molecule has 8 heteroatoms. The Labute approximate surface area is 97.7 Å². The molecule has 0 radical (unpaired) electrons. The molecule has 2 saturated heterocycles. The van der Waals surface area contributed by atoms with E-state index in [0.717, 1.165) is 0 Å². The van der Waals surface area contributed by atoms with Gasteiger partial charge in [0.15, 0.2) is 12.1 Å². The third-order valence-corrected chi connectivity index (χ3v) is 3.00. The van der Waals surface area contributed by atoms with Gasteiger partial charge >= 0.3 is 0 Å². The topological polar surface area (TPSA) is 117 Å². The molecule has 2 aliphatic rings. The lowest BCUT2D eigenvalue weighted by molar-refractivity contribution is -0.239. The van der Waals surface area contributed by atoms with Crippen molar-refractivity contribution in [3.63, 3.8) is 0 Å². The van der Waals surface area contributed by atoms with Crippen LogP contribution in [-0.2, 0) is 14.2 Å². The number of hydrogen-bond acceptors (Lipinski definition) is 6. The van der Waals surface area contributed by atoms with Gasteiger partial charge in [0.25, 0.3) is 0 Å². The van der Waals surface area contributed by atoms with Gasteiger partial charge in [-0.1, -0.05) is 5.11 Å². The number of ether oxygens (including phenoxy) is 3. The first-order valence-corrected chi connectivity index (χ1v) is 5.27. The smallest absolute Gasteiger partial charge is 0.188 e. The molecular formula is C9H15N3O5. The summed E-state index contributed by atoms with van der Waals surface area (Å²) < 4.78 is 16.5. The quantitative estimate of drug-likeness (QED) is 0.409. The molecule has 0 aromatic heterocycles. The van der Waals surface area contributed by atoms with Crippen molar-refractivity contribution in [1.29, 1.82) is 0 Å². The average molecular weight is 245 g/mol. The highest BCUT2D eigenvalue weighted by Crippen LogP contribution is 2.43. The Hall–Kier alpha value is -0.890. The van der Waals surface area contributed by atoms with E-state index in [1.54, 1.807) is 13.8 Å². The number of aliphatic hydroxyl groups excluding tert-OH is 2. The molecule has 8 nitrogen and oxygen atoms in total. The summed E-state index contributed by atoms with van der Waals surface area (Å²) in [5.41, 5.74) is 7.19. The third kappa shape index (κ3) is 1.89. The lowest BCUT2D eigenvalue weighted by Crippen LogP contribution is -2.49. The molecule has 0 aliphatic carbocycles. The second-order valence-electron chi connectivity index (χ2n) is 4.62. The largest absolute Gasteiger partial charge is 0.393 e. The normalized spacial score (nSPS) is 37.5. The fraction of sp³-hybridized carbons (Fsp3) is 1.00. The van der Waals surface area contributed by atoms with E-state index in [2.05, 4.69) is 10.0 Å². The van der Waals surface area contributed by atoms with Gasteiger partial charge in [-0.05, 0) is 19.4 Å². The molecule has 0 bridgehead atoms. The average Bonchev–Trinajstić information content (AvgIpc) is 2.71. The summed E-state index contributed by atoms with van der Waals surface area (Å²) >= 11 is 0. The molecular weight excluding hydrogens is 230 g/mol. The van der Waals surface area contributed by atoms with Crippen molar-refractivity contribution in [1.82, 2.24) is 0 Å². The molecule has 0 saturated carbocycles. The highest BCUT2D eigenvalue weighted by molar-refractivity contribution is 5.07. The fourth-order valence-electron chi connectivity index (χ4n) is 2.20. The zero-order valence-corrected chi connectivity index (χ0v) is 9.61. The summed E-state index contributed by atoms with van der Waals surface area (Å²) in [6.45, 7) is 2.46. The Kier molecular flexibility index (Phi) is 3.03. The second kappa shape index (κ2) is 4.09. The van der Waals surface area contributed by atoms with Gasteiger partial charge in [0.2, 0.25) is 0 Å². The van der Waals surface area contributed by atoms with Crippen LogP contribution in [0.4, 0.5) is 0 Å². The highest BCUT2D eigenvalue weighted by atomic mass is 16.8. The van der Waals surface area contributed by atoms with Gasteiger partial charge < -0.3 is 24.4 Å². The third-order valence-electron chi connectivity index (χ3n) is 3.00. The minimum atomic E-state index is -1.35. The fourth-order valence-corrected chi connectivity index (χ4v) is 2.20. The summed E-state index contributed by atoms with van der Waals surface area (Å²) in [6, 6.07) is -0.825. The molecule has 0 amide bonds. The van der Waals surface area contributed by atoms with Crippen LogP contribution in [0.25, 0.3) is 10.4 Å². The predicted molar refractivity (Wildman–Crippen MR) is 54.7 cm³/mol. The first-order valence-electron chi connectivity index (χ1n) is 5.27. The van der Waals surface area contributed by atoms with E-state index in [9.17, 15) is 10.2 Å². The second-order valence-corrected chi connectivity index (χ2v) is 4.62. The van der Waals surface area contributed by atoms with Gasteiger partial charge in [-0.15, -0.1) is 0 Å². The van der Waals surface area contributed by atoms with Gasteiger partial charge in [-0.3, -0.25) is 0 Å². The molecule has 2 N–H and O–H groups in total. The molecule has 3 atom stereocenters. The Morgan fingerprint density at radius 2 is 1.88 bits per heavy atom. The van der Waals surface area contributed by atoms with Crippen molar-refractivity contribution in [3.8, 4) is 0 Å². The molecule has 96 valence electrons. The first-order chi connectivity index (χ1) is 7.98. The van der Waals surface area contributed by atoms with E-state index in [4.69, 9.17) is 19.7 Å². The van der Waals surface area contributed by atoms with Gasteiger partial charge in [0.05, 0.1) is 13.2 Å². The van der Waals surface area contributed by atoms with Crippen LogP contribution < -0.4 is 0 Å². The molecule has 2 aliphatic heterocycles. The number of hydrogen-bond donors (Lipinski definition) is 2. The molecule has 2 fully saturated rings. The van der Waals surface area contributed by atoms with Crippen molar-refractivity contribution >= 4 is 0 Å². The standard InChI is InChI=1S/C9H15N3O5/c1-8(2)15-5-6(11-12-10)9(3-13,4-14)17-7(5)16-8/h5-7,13-14H,3-4H2,1-2H3/t5?,6?,7-/m0/s1. The zero-order chi connectivity index (χ0) is 12.7. The van der Waals surface area contributed by atoms with Gasteiger partial charge in [0, 0.05) is 4.91 Å². The molecule has 2 rings (SSSR count). The minimum absolute atomic E-state index is 0.479. The van der Waals surface area contributed by atoms with Crippen molar-refractivity contribution in [2.45, 2.75) is 43.7 Å². The summed E-state index contributed by atoms with van der Waals surface area (Å²) in [4.78, 5) is 2.70. The predicted octanol–water partition coefficient (Wildman–Crippen LogP) is -0.104. The van der Waals surface area contributed by atoms with Gasteiger partial charge in [-0.25, -0.2) is 0 Å². The maximum Gasteiger partial charge on any atom is 0.188 e. The monoisotopic (exact) mass is 245 g/mol. The Bertz CT molecular complexity index is 351. The minimum Gasteiger partial charge on any atom is -0.393 e. The molecule has 2 heterocycles. The van der Waals surface area contributed by atoms with Crippen molar-refractivity contribution in [2.75, 3.05) is 13.2 Å². The van der Waals surface area contributed by atoms with E-state index in [1.807, 2.05) is 0 Å². The maximum absolute atomic E-state index is 9.32. The van der Waals surface area contributed by atoms with E-state index in [0.29, 0.717) is 0 Å². The number of aliphatic hydroxyl groups is 2. The van der Waals surface area contributed by atoms with Crippen molar-refractivity contribution < 1.29 is 24.4 Å². The summed E-state index contributed by atoms with van der Waals surface area (Å²) in [5.74, 6) is -0.838. The van der Waals surface area contributed by atoms with Crippen molar-refractivity contribution in [3.05, 3.63) is 10.4 Å². The van der Waals surface area contributed by atoms with Gasteiger partial charge in [-0.2, -0.15) is 0 Å². The van der Waals surface area contributed by atoms with Crippen LogP contribution in [0.5, 0.6) is 0 Å². The SMILES string of the molecule is CC1(C)OC2C(N=[N+]=[N-])C(CO)(CO)O[C@@H]2O1. The Morgan fingerprint density at radius 3 is 2.41 bits per heavy atom. The van der Waals surface area contributed by atoms with Gasteiger partial charge in [0.1, 0.15) is 17.7 Å². The van der Waals surface area contributed by atoms with Crippen LogP contribution in [-0.4, -0.2) is 53.3 Å². The Balaban J connectivity index is 2.30. The van der Waals surface area contributed by atoms with Crippen LogP contribution >= 0.6 is 0 Å². The van der Waals surface area contributed by atoms with Crippen LogP contribution in [0, 0.1) is 0 Å². The highest BCUT2D eigenvalue weighted by Gasteiger charge is 2.61. The molecule has 2 unspecified atom stereocenters. The summed E-state index contributed by atoms with van der Waals surface area (Å²) in [5, 5.41) is 22.2. The first kappa shape index (κ1) is 12.6. The molecule has 0 aromatic carbocycles. The van der Waals surface area contributed by atoms with E-state index in [-0.39, 0.29) is 0 Å². The maximum atomic E-state index is 9.32.